The predicted octanol–water partition coefficient (Wildman–Crippen LogP) is 1.48. The van der Waals surface area contributed by atoms with Crippen molar-refractivity contribution in [1.82, 2.24) is 10.6 Å². The average molecular weight is 264 g/mol. The van der Waals surface area contributed by atoms with Crippen LogP contribution in [-0.2, 0) is 16.0 Å². The summed E-state index contributed by atoms with van der Waals surface area (Å²) in [6.45, 7) is 3.70. The standard InChI is InChI=1S/C14H20N2O3/c1-10(2)15-14(18)16-12(13(17)19-3)9-11-7-5-4-6-8-11/h4-8,10,12H,9H2,1-3H3,(H2,15,16,18)/t12-/m0/s1. The van der Waals surface area contributed by atoms with Crippen molar-refractivity contribution in [2.75, 3.05) is 7.11 Å². The molecular weight excluding hydrogens is 244 g/mol. The number of ether oxygens (including phenoxy) is 1. The topological polar surface area (TPSA) is 67.4 Å². The molecule has 2 amide bonds. The minimum atomic E-state index is -0.689. The van der Waals surface area contributed by atoms with Crippen molar-refractivity contribution in [1.29, 1.82) is 0 Å². The summed E-state index contributed by atoms with van der Waals surface area (Å²) in [7, 11) is 1.31. The molecule has 1 atom stereocenters. The molecule has 5 heteroatoms. The molecule has 0 aliphatic heterocycles. The van der Waals surface area contributed by atoms with E-state index in [1.54, 1.807) is 0 Å². The molecule has 104 valence electrons. The molecule has 0 aliphatic carbocycles. The first-order valence-corrected chi connectivity index (χ1v) is 6.21. The molecule has 0 spiro atoms. The Balaban J connectivity index is 2.67. The second-order valence-corrected chi connectivity index (χ2v) is 4.54. The van der Waals surface area contributed by atoms with E-state index in [1.165, 1.54) is 7.11 Å². The van der Waals surface area contributed by atoms with Crippen LogP contribution >= 0.6 is 0 Å². The summed E-state index contributed by atoms with van der Waals surface area (Å²) < 4.78 is 4.71. The van der Waals surface area contributed by atoms with Crippen LogP contribution in [0.25, 0.3) is 0 Å². The van der Waals surface area contributed by atoms with Crippen LogP contribution in [-0.4, -0.2) is 31.2 Å². The van der Waals surface area contributed by atoms with Crippen LogP contribution in [0.5, 0.6) is 0 Å². The van der Waals surface area contributed by atoms with Gasteiger partial charge in [-0.15, -0.1) is 0 Å². The maximum atomic E-state index is 11.7. The summed E-state index contributed by atoms with van der Waals surface area (Å²) in [6.07, 6.45) is 0.402. The first-order chi connectivity index (χ1) is 9.02. The first kappa shape index (κ1) is 15.0. The third-order valence-corrected chi connectivity index (χ3v) is 2.49. The average Bonchev–Trinajstić information content (AvgIpc) is 2.37. The molecule has 0 saturated heterocycles. The van der Waals surface area contributed by atoms with Gasteiger partial charge in [0.15, 0.2) is 0 Å². The summed E-state index contributed by atoms with van der Waals surface area (Å²) in [5.74, 6) is -0.456. The molecular formula is C14H20N2O3. The second-order valence-electron chi connectivity index (χ2n) is 4.54. The number of esters is 1. The number of rotatable bonds is 5. The SMILES string of the molecule is COC(=O)[C@H](Cc1ccccc1)NC(=O)NC(C)C. The van der Waals surface area contributed by atoms with E-state index in [2.05, 4.69) is 10.6 Å². The van der Waals surface area contributed by atoms with E-state index in [0.29, 0.717) is 6.42 Å². The monoisotopic (exact) mass is 264 g/mol. The number of carbonyl (C=O) groups is 2. The van der Waals surface area contributed by atoms with Crippen LogP contribution in [0.15, 0.2) is 30.3 Å². The molecule has 1 rings (SSSR count). The van der Waals surface area contributed by atoms with Gasteiger partial charge in [-0.25, -0.2) is 9.59 Å². The molecule has 0 aromatic heterocycles. The maximum absolute atomic E-state index is 11.7. The van der Waals surface area contributed by atoms with E-state index < -0.39 is 12.0 Å². The van der Waals surface area contributed by atoms with Crippen LogP contribution in [0.1, 0.15) is 19.4 Å². The Morgan fingerprint density at radius 2 is 1.79 bits per heavy atom. The molecule has 0 aliphatic rings. The lowest BCUT2D eigenvalue weighted by Gasteiger charge is -2.18. The van der Waals surface area contributed by atoms with Crippen LogP contribution < -0.4 is 10.6 Å². The van der Waals surface area contributed by atoms with Crippen molar-refractivity contribution >= 4 is 12.0 Å². The highest BCUT2D eigenvalue weighted by molar-refractivity contribution is 5.83. The highest BCUT2D eigenvalue weighted by Gasteiger charge is 2.21. The van der Waals surface area contributed by atoms with Gasteiger partial charge in [0.1, 0.15) is 6.04 Å². The molecule has 0 saturated carbocycles. The van der Waals surface area contributed by atoms with Gasteiger partial charge in [-0.3, -0.25) is 0 Å². The Morgan fingerprint density at radius 3 is 2.32 bits per heavy atom. The normalized spacial score (nSPS) is 11.8. The number of urea groups is 1. The summed E-state index contributed by atoms with van der Waals surface area (Å²) >= 11 is 0. The minimum absolute atomic E-state index is 0.00928. The van der Waals surface area contributed by atoms with E-state index in [0.717, 1.165) is 5.56 Å². The third-order valence-electron chi connectivity index (χ3n) is 2.49. The van der Waals surface area contributed by atoms with Crippen LogP contribution in [0, 0.1) is 0 Å². The molecule has 0 bridgehead atoms. The zero-order valence-electron chi connectivity index (χ0n) is 11.5. The molecule has 1 aromatic carbocycles. The van der Waals surface area contributed by atoms with E-state index in [-0.39, 0.29) is 12.1 Å². The molecule has 19 heavy (non-hydrogen) atoms. The molecule has 0 fully saturated rings. The lowest BCUT2D eigenvalue weighted by molar-refractivity contribution is -0.142. The summed E-state index contributed by atoms with van der Waals surface area (Å²) in [5, 5.41) is 5.30. The number of hydrogen-bond acceptors (Lipinski definition) is 3. The van der Waals surface area contributed by atoms with Crippen LogP contribution in [0.3, 0.4) is 0 Å². The van der Waals surface area contributed by atoms with Gasteiger partial charge in [-0.1, -0.05) is 30.3 Å². The van der Waals surface area contributed by atoms with Crippen molar-refractivity contribution in [2.24, 2.45) is 0 Å². The Hall–Kier alpha value is -2.04. The molecule has 0 heterocycles. The first-order valence-electron chi connectivity index (χ1n) is 6.21. The highest BCUT2D eigenvalue weighted by Crippen LogP contribution is 2.04. The number of amides is 2. The van der Waals surface area contributed by atoms with Crippen molar-refractivity contribution in [3.63, 3.8) is 0 Å². The van der Waals surface area contributed by atoms with E-state index in [4.69, 9.17) is 4.74 Å². The number of hydrogen-bond donors (Lipinski definition) is 2. The number of carbonyl (C=O) groups excluding carboxylic acids is 2. The van der Waals surface area contributed by atoms with Gasteiger partial charge in [0.25, 0.3) is 0 Å². The third kappa shape index (κ3) is 5.42. The van der Waals surface area contributed by atoms with Crippen molar-refractivity contribution in [3.8, 4) is 0 Å². The fourth-order valence-corrected chi connectivity index (χ4v) is 1.65. The molecule has 1 aromatic rings. The van der Waals surface area contributed by atoms with Gasteiger partial charge in [0.05, 0.1) is 7.11 Å². The van der Waals surface area contributed by atoms with Crippen LogP contribution in [0.4, 0.5) is 4.79 Å². The Morgan fingerprint density at radius 1 is 1.16 bits per heavy atom. The Kier molecular flexibility index (Phi) is 5.85. The van der Waals surface area contributed by atoms with Crippen LogP contribution in [0.2, 0.25) is 0 Å². The van der Waals surface area contributed by atoms with Crippen molar-refractivity contribution in [3.05, 3.63) is 35.9 Å². The van der Waals surface area contributed by atoms with Crippen molar-refractivity contribution < 1.29 is 14.3 Å². The van der Waals surface area contributed by atoms with Gasteiger partial charge < -0.3 is 15.4 Å². The largest absolute Gasteiger partial charge is 0.467 e. The maximum Gasteiger partial charge on any atom is 0.328 e. The summed E-state index contributed by atoms with van der Waals surface area (Å²) in [4.78, 5) is 23.3. The predicted molar refractivity (Wildman–Crippen MR) is 72.8 cm³/mol. The fraction of sp³-hybridized carbons (Fsp3) is 0.429. The Labute approximate surface area is 113 Å². The fourth-order valence-electron chi connectivity index (χ4n) is 1.65. The van der Waals surface area contributed by atoms with E-state index >= 15 is 0 Å². The summed E-state index contributed by atoms with van der Waals surface area (Å²) in [5.41, 5.74) is 0.961. The smallest absolute Gasteiger partial charge is 0.328 e. The Bertz CT molecular complexity index is 418. The zero-order chi connectivity index (χ0) is 14.3. The van der Waals surface area contributed by atoms with E-state index in [9.17, 15) is 9.59 Å². The highest BCUT2D eigenvalue weighted by atomic mass is 16.5. The number of benzene rings is 1. The second kappa shape index (κ2) is 7.41. The number of methoxy groups -OCH3 is 1. The van der Waals surface area contributed by atoms with E-state index in [1.807, 2.05) is 44.2 Å². The quantitative estimate of drug-likeness (QED) is 0.792. The van der Waals surface area contributed by atoms with Gasteiger partial charge in [-0.2, -0.15) is 0 Å². The van der Waals surface area contributed by atoms with Gasteiger partial charge in [-0.05, 0) is 19.4 Å². The molecule has 0 radical (unpaired) electrons. The molecule has 0 unspecified atom stereocenters. The lowest BCUT2D eigenvalue weighted by Crippen LogP contribution is -2.49. The van der Waals surface area contributed by atoms with Gasteiger partial charge >= 0.3 is 12.0 Å². The zero-order valence-corrected chi connectivity index (χ0v) is 11.5. The summed E-state index contributed by atoms with van der Waals surface area (Å²) in [6, 6.07) is 8.42. The number of nitrogens with one attached hydrogen (secondary N) is 2. The van der Waals surface area contributed by atoms with Crippen molar-refractivity contribution in [2.45, 2.75) is 32.4 Å². The minimum Gasteiger partial charge on any atom is -0.467 e. The molecule has 5 nitrogen and oxygen atoms in total. The van der Waals surface area contributed by atoms with Gasteiger partial charge in [0.2, 0.25) is 0 Å². The molecule has 2 N–H and O–H groups in total. The van der Waals surface area contributed by atoms with Gasteiger partial charge in [0, 0.05) is 12.5 Å². The lowest BCUT2D eigenvalue weighted by atomic mass is 10.1.